The van der Waals surface area contributed by atoms with Gasteiger partial charge in [0.2, 0.25) is 0 Å². The van der Waals surface area contributed by atoms with Crippen molar-refractivity contribution in [2.75, 3.05) is 37.7 Å². The number of carbonyl (C=O) groups excluding carboxylic acids is 2. The highest BCUT2D eigenvalue weighted by Gasteiger charge is 2.26. The van der Waals surface area contributed by atoms with Crippen molar-refractivity contribution in [2.45, 2.75) is 6.92 Å². The molecule has 2 aromatic heterocycles. The first-order valence-electron chi connectivity index (χ1n) is 9.44. The van der Waals surface area contributed by atoms with Crippen molar-refractivity contribution in [1.82, 2.24) is 14.9 Å². The van der Waals surface area contributed by atoms with Gasteiger partial charge in [0.25, 0.3) is 5.91 Å². The van der Waals surface area contributed by atoms with Crippen LogP contribution in [0.3, 0.4) is 0 Å². The molecule has 0 atom stereocenters. The molecular weight excluding hydrogens is 427 g/mol. The minimum atomic E-state index is -0.370. The molecule has 0 bridgehead atoms. The maximum Gasteiger partial charge on any atom is 0.350 e. The van der Waals surface area contributed by atoms with Crippen molar-refractivity contribution < 1.29 is 18.7 Å². The van der Waals surface area contributed by atoms with E-state index in [4.69, 9.17) is 4.74 Å². The zero-order valence-corrected chi connectivity index (χ0v) is 17.8. The van der Waals surface area contributed by atoms with Gasteiger partial charge in [0, 0.05) is 31.7 Å². The number of piperazine rings is 1. The third-order valence-corrected chi connectivity index (χ3v) is 6.69. The summed E-state index contributed by atoms with van der Waals surface area (Å²) in [5, 5.41) is 1.23. The second-order valence-electron chi connectivity index (χ2n) is 6.52. The average molecular weight is 447 g/mol. The van der Waals surface area contributed by atoms with E-state index >= 15 is 0 Å². The first-order valence-corrected chi connectivity index (χ1v) is 11.1. The molecule has 1 aliphatic rings. The summed E-state index contributed by atoms with van der Waals surface area (Å²) in [6.07, 6.45) is 3.03. The molecule has 7 nitrogen and oxygen atoms in total. The van der Waals surface area contributed by atoms with Gasteiger partial charge in [-0.1, -0.05) is 23.5 Å². The van der Waals surface area contributed by atoms with E-state index in [1.165, 1.54) is 41.1 Å². The molecule has 1 fully saturated rings. The number of anilines is 1. The number of hydrogen-bond donors (Lipinski definition) is 0. The molecule has 156 valence electrons. The number of carbonyl (C=O) groups is 2. The molecule has 30 heavy (non-hydrogen) atoms. The first-order chi connectivity index (χ1) is 14.6. The number of nitrogens with zero attached hydrogens (tertiary/aromatic N) is 4. The highest BCUT2D eigenvalue weighted by Crippen LogP contribution is 2.29. The Morgan fingerprint density at radius 3 is 2.53 bits per heavy atom. The number of halogens is 1. The van der Waals surface area contributed by atoms with Crippen LogP contribution in [0.4, 0.5) is 9.52 Å². The van der Waals surface area contributed by atoms with Gasteiger partial charge in [0.05, 0.1) is 19.0 Å². The predicted octanol–water partition coefficient (Wildman–Crippen LogP) is 3.54. The zero-order valence-electron chi connectivity index (χ0n) is 16.2. The zero-order chi connectivity index (χ0) is 21.1. The fraction of sp³-hybridized carbons (Fsp3) is 0.300. The summed E-state index contributed by atoms with van der Waals surface area (Å²) in [5.41, 5.74) is 0.396. The van der Waals surface area contributed by atoms with Gasteiger partial charge < -0.3 is 14.5 Å². The van der Waals surface area contributed by atoms with E-state index in [-0.39, 0.29) is 17.7 Å². The number of amides is 1. The Balaban J connectivity index is 1.38. The third-order valence-electron chi connectivity index (χ3n) is 4.63. The molecule has 10 heteroatoms. The standard InChI is InChI=1S/C20H19FN4O3S2/c1-2-28-19(27)16-12-23-20(30-16)25-9-7-24(8-10-25)18(26)15-11-22-17(29-15)13-5-3-4-6-14(13)21/h3-6,11-12H,2,7-10H2,1H3. The van der Waals surface area contributed by atoms with Crippen LogP contribution < -0.4 is 4.90 Å². The second kappa shape index (κ2) is 8.88. The molecule has 1 aromatic carbocycles. The molecule has 0 radical (unpaired) electrons. The average Bonchev–Trinajstić information content (AvgIpc) is 3.44. The third kappa shape index (κ3) is 4.19. The molecule has 1 saturated heterocycles. The van der Waals surface area contributed by atoms with Gasteiger partial charge in [-0.3, -0.25) is 4.79 Å². The quantitative estimate of drug-likeness (QED) is 0.558. The van der Waals surface area contributed by atoms with Crippen LogP contribution in [0.5, 0.6) is 0 Å². The van der Waals surface area contributed by atoms with Crippen molar-refractivity contribution in [3.05, 3.63) is 52.2 Å². The highest BCUT2D eigenvalue weighted by molar-refractivity contribution is 7.17. The summed E-state index contributed by atoms with van der Waals surface area (Å²) in [6, 6.07) is 6.39. The highest BCUT2D eigenvalue weighted by atomic mass is 32.1. The Bertz CT molecular complexity index is 1060. The van der Waals surface area contributed by atoms with Gasteiger partial charge in [0.15, 0.2) is 5.13 Å². The molecule has 3 heterocycles. The Kier molecular flexibility index (Phi) is 6.05. The minimum Gasteiger partial charge on any atom is -0.462 e. The van der Waals surface area contributed by atoms with Crippen LogP contribution in [0.1, 0.15) is 26.3 Å². The molecule has 0 unspecified atom stereocenters. The smallest absolute Gasteiger partial charge is 0.350 e. The number of rotatable bonds is 5. The topological polar surface area (TPSA) is 75.6 Å². The Labute approximate surface area is 180 Å². The summed E-state index contributed by atoms with van der Waals surface area (Å²) < 4.78 is 19.0. The van der Waals surface area contributed by atoms with Crippen LogP contribution in [-0.2, 0) is 4.74 Å². The molecule has 4 rings (SSSR count). The number of benzene rings is 1. The lowest BCUT2D eigenvalue weighted by Crippen LogP contribution is -2.48. The lowest BCUT2D eigenvalue weighted by molar-refractivity contribution is 0.0531. The number of hydrogen-bond acceptors (Lipinski definition) is 8. The Hall–Kier alpha value is -2.85. The Morgan fingerprint density at radius 2 is 1.80 bits per heavy atom. The molecule has 0 aliphatic carbocycles. The second-order valence-corrected chi connectivity index (χ2v) is 8.56. The first kappa shape index (κ1) is 20.4. The largest absolute Gasteiger partial charge is 0.462 e. The van der Waals surface area contributed by atoms with E-state index in [0.717, 1.165) is 5.13 Å². The molecule has 0 N–H and O–H groups in total. The fourth-order valence-electron chi connectivity index (χ4n) is 3.10. The van der Waals surface area contributed by atoms with Crippen LogP contribution in [0, 0.1) is 5.82 Å². The van der Waals surface area contributed by atoms with E-state index in [1.807, 2.05) is 0 Å². The van der Waals surface area contributed by atoms with E-state index in [1.54, 1.807) is 30.0 Å². The van der Waals surface area contributed by atoms with Crippen molar-refractivity contribution in [1.29, 1.82) is 0 Å². The lowest BCUT2D eigenvalue weighted by atomic mass is 10.2. The van der Waals surface area contributed by atoms with Crippen molar-refractivity contribution in [3.63, 3.8) is 0 Å². The summed E-state index contributed by atoms with van der Waals surface area (Å²) in [4.78, 5) is 38.0. The van der Waals surface area contributed by atoms with Gasteiger partial charge in [-0.05, 0) is 19.1 Å². The number of thiazole rings is 2. The minimum absolute atomic E-state index is 0.110. The van der Waals surface area contributed by atoms with Crippen LogP contribution in [0.25, 0.3) is 10.6 Å². The maximum atomic E-state index is 14.0. The maximum absolute atomic E-state index is 14.0. The molecule has 1 amide bonds. The summed E-state index contributed by atoms with van der Waals surface area (Å²) in [6.45, 7) is 4.36. The number of ether oxygens (including phenoxy) is 1. The van der Waals surface area contributed by atoms with Crippen molar-refractivity contribution >= 4 is 39.7 Å². The number of aromatic nitrogens is 2. The fourth-order valence-corrected chi connectivity index (χ4v) is 4.87. The SMILES string of the molecule is CCOC(=O)c1cnc(N2CCN(C(=O)c3cnc(-c4ccccc4F)s3)CC2)s1. The summed E-state index contributed by atoms with van der Waals surface area (Å²) in [5.74, 6) is -0.836. The van der Waals surface area contributed by atoms with Crippen LogP contribution in [0.2, 0.25) is 0 Å². The van der Waals surface area contributed by atoms with Crippen molar-refractivity contribution in [3.8, 4) is 10.6 Å². The predicted molar refractivity (Wildman–Crippen MR) is 114 cm³/mol. The van der Waals surface area contributed by atoms with E-state index in [2.05, 4.69) is 14.9 Å². The van der Waals surface area contributed by atoms with Crippen LogP contribution >= 0.6 is 22.7 Å². The summed E-state index contributed by atoms with van der Waals surface area (Å²) in [7, 11) is 0. The van der Waals surface area contributed by atoms with Gasteiger partial charge in [-0.15, -0.1) is 11.3 Å². The van der Waals surface area contributed by atoms with E-state index in [9.17, 15) is 14.0 Å². The van der Waals surface area contributed by atoms with Crippen LogP contribution in [0.15, 0.2) is 36.7 Å². The van der Waals surface area contributed by atoms with Gasteiger partial charge >= 0.3 is 5.97 Å². The van der Waals surface area contributed by atoms with Gasteiger partial charge in [-0.25, -0.2) is 19.2 Å². The van der Waals surface area contributed by atoms with Crippen LogP contribution in [-0.4, -0.2) is 59.5 Å². The monoisotopic (exact) mass is 446 g/mol. The molecule has 1 aliphatic heterocycles. The normalized spacial score (nSPS) is 14.1. The van der Waals surface area contributed by atoms with E-state index < -0.39 is 0 Å². The lowest BCUT2D eigenvalue weighted by Gasteiger charge is -2.34. The Morgan fingerprint density at radius 1 is 1.07 bits per heavy atom. The molecule has 0 spiro atoms. The van der Waals surface area contributed by atoms with E-state index in [0.29, 0.717) is 53.1 Å². The molecular formula is C20H19FN4O3S2. The molecule has 0 saturated carbocycles. The van der Waals surface area contributed by atoms with Gasteiger partial charge in [0.1, 0.15) is 20.6 Å². The summed E-state index contributed by atoms with van der Waals surface area (Å²) >= 11 is 2.48. The van der Waals surface area contributed by atoms with Gasteiger partial charge in [-0.2, -0.15) is 0 Å². The molecule has 3 aromatic rings. The number of esters is 1. The van der Waals surface area contributed by atoms with Crippen molar-refractivity contribution in [2.24, 2.45) is 0 Å².